The van der Waals surface area contributed by atoms with Gasteiger partial charge in [-0.15, -0.1) is 0 Å². The van der Waals surface area contributed by atoms with Crippen molar-refractivity contribution >= 4 is 0 Å². The Morgan fingerprint density at radius 1 is 0.762 bits per heavy atom. The van der Waals surface area contributed by atoms with E-state index in [9.17, 15) is 0 Å². The van der Waals surface area contributed by atoms with Crippen LogP contribution in [-0.2, 0) is 9.47 Å². The molecule has 1 aliphatic heterocycles. The van der Waals surface area contributed by atoms with E-state index in [2.05, 4.69) is 11.8 Å². The van der Waals surface area contributed by atoms with Gasteiger partial charge in [-0.2, -0.15) is 0 Å². The minimum absolute atomic E-state index is 0.360. The molecular formula is C19H16O2. The van der Waals surface area contributed by atoms with Gasteiger partial charge < -0.3 is 9.47 Å². The van der Waals surface area contributed by atoms with Crippen LogP contribution in [0.25, 0.3) is 0 Å². The molecule has 2 heteroatoms. The lowest BCUT2D eigenvalue weighted by Gasteiger charge is -2.17. The Morgan fingerprint density at radius 2 is 1.43 bits per heavy atom. The van der Waals surface area contributed by atoms with Crippen LogP contribution in [-0.4, -0.2) is 13.2 Å². The molecule has 1 aliphatic rings. The summed E-state index contributed by atoms with van der Waals surface area (Å²) in [7, 11) is 0. The van der Waals surface area contributed by atoms with Crippen LogP contribution in [0.1, 0.15) is 23.0 Å². The quantitative estimate of drug-likeness (QED) is 0.584. The summed E-state index contributed by atoms with van der Waals surface area (Å²) in [6, 6.07) is 17.9. The molecule has 3 rings (SSSR count). The first-order valence-electron chi connectivity index (χ1n) is 6.98. The van der Waals surface area contributed by atoms with Crippen LogP contribution in [0, 0.1) is 11.8 Å². The highest BCUT2D eigenvalue weighted by atomic mass is 16.7. The molecule has 0 fully saturated rings. The van der Waals surface area contributed by atoms with E-state index in [1.165, 1.54) is 0 Å². The predicted octanol–water partition coefficient (Wildman–Crippen LogP) is 3.69. The fourth-order valence-corrected chi connectivity index (χ4v) is 2.13. The van der Waals surface area contributed by atoms with Crippen molar-refractivity contribution in [2.75, 3.05) is 13.2 Å². The molecule has 0 aromatic heterocycles. The highest BCUT2D eigenvalue weighted by molar-refractivity contribution is 5.46. The minimum atomic E-state index is -0.360. The normalized spacial score (nSPS) is 15.0. The first kappa shape index (κ1) is 13.6. The summed E-state index contributed by atoms with van der Waals surface area (Å²) >= 11 is 0. The second-order valence-corrected chi connectivity index (χ2v) is 4.67. The SMILES string of the molecule is C(#Cc1ccccc1C1OCC=CCO1)c1ccccc1. The molecule has 0 N–H and O–H groups in total. The van der Waals surface area contributed by atoms with Crippen LogP contribution in [0.3, 0.4) is 0 Å². The molecule has 2 aromatic rings. The zero-order valence-corrected chi connectivity index (χ0v) is 11.7. The molecule has 104 valence electrons. The van der Waals surface area contributed by atoms with Crippen LogP contribution in [0.2, 0.25) is 0 Å². The monoisotopic (exact) mass is 276 g/mol. The number of hydrogen-bond donors (Lipinski definition) is 0. The summed E-state index contributed by atoms with van der Waals surface area (Å²) in [5.41, 5.74) is 2.91. The molecule has 1 heterocycles. The van der Waals surface area contributed by atoms with Crippen LogP contribution in [0.15, 0.2) is 66.7 Å². The summed E-state index contributed by atoms with van der Waals surface area (Å²) in [5.74, 6) is 6.40. The molecule has 0 bridgehead atoms. The fraction of sp³-hybridized carbons (Fsp3) is 0.158. The Hall–Kier alpha value is -2.34. The van der Waals surface area contributed by atoms with Crippen molar-refractivity contribution < 1.29 is 9.47 Å². The average Bonchev–Trinajstić information content (AvgIpc) is 2.83. The molecule has 0 aliphatic carbocycles. The van der Waals surface area contributed by atoms with E-state index in [1.54, 1.807) is 0 Å². The number of ether oxygens (including phenoxy) is 2. The van der Waals surface area contributed by atoms with Crippen LogP contribution in [0.4, 0.5) is 0 Å². The van der Waals surface area contributed by atoms with E-state index in [1.807, 2.05) is 66.7 Å². The number of benzene rings is 2. The van der Waals surface area contributed by atoms with Gasteiger partial charge in [0.15, 0.2) is 6.29 Å². The molecule has 0 saturated heterocycles. The molecule has 0 unspecified atom stereocenters. The predicted molar refractivity (Wildman–Crippen MR) is 82.6 cm³/mol. The largest absolute Gasteiger partial charge is 0.344 e. The zero-order valence-electron chi connectivity index (χ0n) is 11.7. The van der Waals surface area contributed by atoms with Gasteiger partial charge >= 0.3 is 0 Å². The summed E-state index contributed by atoms with van der Waals surface area (Å²) in [6.07, 6.45) is 3.58. The Kier molecular flexibility index (Phi) is 4.48. The second-order valence-electron chi connectivity index (χ2n) is 4.67. The maximum atomic E-state index is 5.70. The lowest BCUT2D eigenvalue weighted by Crippen LogP contribution is -2.09. The highest BCUT2D eigenvalue weighted by Crippen LogP contribution is 2.23. The van der Waals surface area contributed by atoms with E-state index in [0.29, 0.717) is 13.2 Å². The van der Waals surface area contributed by atoms with Crippen molar-refractivity contribution in [1.82, 2.24) is 0 Å². The van der Waals surface area contributed by atoms with Crippen LogP contribution in [0.5, 0.6) is 0 Å². The van der Waals surface area contributed by atoms with Gasteiger partial charge in [0.05, 0.1) is 13.2 Å². The van der Waals surface area contributed by atoms with E-state index < -0.39 is 0 Å². The first-order valence-corrected chi connectivity index (χ1v) is 6.98. The van der Waals surface area contributed by atoms with Crippen LogP contribution < -0.4 is 0 Å². The zero-order chi connectivity index (χ0) is 14.3. The van der Waals surface area contributed by atoms with Gasteiger partial charge in [-0.3, -0.25) is 0 Å². The van der Waals surface area contributed by atoms with Gasteiger partial charge in [-0.25, -0.2) is 0 Å². The molecule has 0 saturated carbocycles. The third kappa shape index (κ3) is 3.61. The van der Waals surface area contributed by atoms with Crippen molar-refractivity contribution in [3.8, 4) is 11.8 Å². The highest BCUT2D eigenvalue weighted by Gasteiger charge is 2.16. The first-order chi connectivity index (χ1) is 10.4. The second kappa shape index (κ2) is 6.90. The van der Waals surface area contributed by atoms with Gasteiger partial charge in [-0.1, -0.05) is 60.4 Å². The third-order valence-electron chi connectivity index (χ3n) is 3.18. The lowest BCUT2D eigenvalue weighted by atomic mass is 10.1. The summed E-state index contributed by atoms with van der Waals surface area (Å²) in [4.78, 5) is 0. The summed E-state index contributed by atoms with van der Waals surface area (Å²) in [6.45, 7) is 1.12. The number of hydrogen-bond acceptors (Lipinski definition) is 2. The van der Waals surface area contributed by atoms with Gasteiger partial charge in [0, 0.05) is 16.7 Å². The molecular weight excluding hydrogens is 260 g/mol. The molecule has 21 heavy (non-hydrogen) atoms. The minimum Gasteiger partial charge on any atom is -0.344 e. The Morgan fingerprint density at radius 3 is 2.19 bits per heavy atom. The van der Waals surface area contributed by atoms with Gasteiger partial charge in [-0.05, 0) is 18.2 Å². The lowest BCUT2D eigenvalue weighted by molar-refractivity contribution is -0.126. The summed E-state index contributed by atoms with van der Waals surface area (Å²) in [5, 5.41) is 0. The Balaban J connectivity index is 1.88. The van der Waals surface area contributed by atoms with Crippen molar-refractivity contribution in [3.05, 3.63) is 83.4 Å². The Labute approximate surface area is 125 Å². The van der Waals surface area contributed by atoms with Crippen molar-refractivity contribution in [2.45, 2.75) is 6.29 Å². The molecule has 2 aromatic carbocycles. The molecule has 0 radical (unpaired) electrons. The van der Waals surface area contributed by atoms with E-state index >= 15 is 0 Å². The standard InChI is InChI=1S/C19H16O2/c1-2-8-16(9-3-1)12-13-17-10-4-5-11-18(17)19-20-14-6-7-15-21-19/h1-11,19H,14-15H2. The summed E-state index contributed by atoms with van der Waals surface area (Å²) < 4.78 is 11.4. The van der Waals surface area contributed by atoms with Gasteiger partial charge in [0.1, 0.15) is 0 Å². The van der Waals surface area contributed by atoms with Crippen molar-refractivity contribution in [1.29, 1.82) is 0 Å². The molecule has 0 spiro atoms. The van der Waals surface area contributed by atoms with E-state index in [4.69, 9.17) is 9.47 Å². The van der Waals surface area contributed by atoms with E-state index in [-0.39, 0.29) is 6.29 Å². The van der Waals surface area contributed by atoms with Crippen molar-refractivity contribution in [3.63, 3.8) is 0 Å². The maximum absolute atomic E-state index is 5.70. The topological polar surface area (TPSA) is 18.5 Å². The molecule has 0 amide bonds. The fourth-order valence-electron chi connectivity index (χ4n) is 2.13. The smallest absolute Gasteiger partial charge is 0.185 e. The van der Waals surface area contributed by atoms with Crippen molar-refractivity contribution in [2.24, 2.45) is 0 Å². The van der Waals surface area contributed by atoms with E-state index in [0.717, 1.165) is 16.7 Å². The molecule has 0 atom stereocenters. The Bertz CT molecular complexity index is 667. The molecule has 2 nitrogen and oxygen atoms in total. The van der Waals surface area contributed by atoms with Gasteiger partial charge in [0.25, 0.3) is 0 Å². The van der Waals surface area contributed by atoms with Gasteiger partial charge in [0.2, 0.25) is 0 Å². The number of rotatable bonds is 1. The third-order valence-corrected chi connectivity index (χ3v) is 3.18. The average molecular weight is 276 g/mol. The maximum Gasteiger partial charge on any atom is 0.185 e. The van der Waals surface area contributed by atoms with Crippen LogP contribution >= 0.6 is 0 Å².